The van der Waals surface area contributed by atoms with Crippen molar-refractivity contribution in [1.82, 2.24) is 15.1 Å². The summed E-state index contributed by atoms with van der Waals surface area (Å²) in [5.41, 5.74) is 2.91. The molecule has 0 amide bonds. The number of halogens is 2. The van der Waals surface area contributed by atoms with Gasteiger partial charge in [0.05, 0.1) is 23.8 Å². The van der Waals surface area contributed by atoms with Crippen molar-refractivity contribution in [3.8, 4) is 0 Å². The molecule has 0 spiro atoms. The van der Waals surface area contributed by atoms with Crippen molar-refractivity contribution < 1.29 is 0 Å². The fourth-order valence-corrected chi connectivity index (χ4v) is 5.66. The Morgan fingerprint density at radius 2 is 1.96 bits per heavy atom. The maximum absolute atomic E-state index is 3.87. The Kier molecular flexibility index (Phi) is 3.80. The zero-order valence-corrected chi connectivity index (χ0v) is 16.6. The summed E-state index contributed by atoms with van der Waals surface area (Å²) in [5.74, 6) is 0. The standard InChI is InChI=1S/C19H21Br2N3/c20-12-4-3-5-14(10-12)23-17-9-8-13(21)11-18(17)24-16-7-2-1-6-15(16)22-19(23)24/h1-3,5-7,11-12,14-16,19,22H,4,8-10H2. The maximum atomic E-state index is 3.87. The van der Waals surface area contributed by atoms with Crippen LogP contribution in [0.2, 0.25) is 0 Å². The first-order valence-corrected chi connectivity index (χ1v) is 10.5. The number of hydrogen-bond donors (Lipinski definition) is 1. The summed E-state index contributed by atoms with van der Waals surface area (Å²) in [6.07, 6.45) is 20.9. The molecule has 0 aromatic rings. The van der Waals surface area contributed by atoms with Crippen LogP contribution < -0.4 is 5.32 Å². The lowest BCUT2D eigenvalue weighted by Gasteiger charge is -2.38. The normalized spacial score (nSPS) is 39.9. The van der Waals surface area contributed by atoms with Gasteiger partial charge in [0.15, 0.2) is 6.29 Å². The Bertz CT molecular complexity index is 705. The van der Waals surface area contributed by atoms with Crippen molar-refractivity contribution >= 4 is 31.9 Å². The van der Waals surface area contributed by atoms with Gasteiger partial charge in [0.1, 0.15) is 0 Å². The van der Waals surface area contributed by atoms with E-state index in [0.717, 1.165) is 19.3 Å². The SMILES string of the molecule is BrC1=CC2=C(CC1)N(C1C=CCC(Br)C1)C1NC3C=CC=CC3N21. The molecule has 0 saturated carbocycles. The highest BCUT2D eigenvalue weighted by molar-refractivity contribution is 9.11. The summed E-state index contributed by atoms with van der Waals surface area (Å²) in [5, 5.41) is 3.87. The fourth-order valence-electron chi connectivity index (χ4n) is 4.65. The van der Waals surface area contributed by atoms with Crippen LogP contribution in [0.3, 0.4) is 0 Å². The van der Waals surface area contributed by atoms with Gasteiger partial charge in [-0.2, -0.15) is 0 Å². The van der Waals surface area contributed by atoms with Crippen LogP contribution in [-0.4, -0.2) is 39.0 Å². The van der Waals surface area contributed by atoms with Gasteiger partial charge in [0.25, 0.3) is 0 Å². The van der Waals surface area contributed by atoms with Crippen LogP contribution in [-0.2, 0) is 0 Å². The van der Waals surface area contributed by atoms with Crippen molar-refractivity contribution in [2.45, 2.75) is 54.9 Å². The van der Waals surface area contributed by atoms with E-state index >= 15 is 0 Å². The van der Waals surface area contributed by atoms with Crippen LogP contribution in [0.4, 0.5) is 0 Å². The third-order valence-corrected chi connectivity index (χ3v) is 7.05. The zero-order chi connectivity index (χ0) is 16.3. The molecule has 2 aliphatic heterocycles. The number of alkyl halides is 1. The molecule has 5 aliphatic rings. The molecule has 0 bridgehead atoms. The van der Waals surface area contributed by atoms with E-state index in [-0.39, 0.29) is 6.29 Å². The summed E-state index contributed by atoms with van der Waals surface area (Å²) in [4.78, 5) is 5.82. The molecular formula is C19H21Br2N3. The summed E-state index contributed by atoms with van der Waals surface area (Å²) < 4.78 is 1.32. The molecular weight excluding hydrogens is 430 g/mol. The van der Waals surface area contributed by atoms with Crippen LogP contribution in [0.15, 0.2) is 58.4 Å². The third-order valence-electron chi connectivity index (χ3n) is 5.68. The molecule has 5 unspecified atom stereocenters. The van der Waals surface area contributed by atoms with Gasteiger partial charge in [-0.25, -0.2) is 0 Å². The number of nitrogens with one attached hydrogen (secondary N) is 1. The van der Waals surface area contributed by atoms with E-state index in [1.54, 1.807) is 0 Å². The monoisotopic (exact) mass is 449 g/mol. The Balaban J connectivity index is 1.57. The molecule has 1 N–H and O–H groups in total. The highest BCUT2D eigenvalue weighted by Crippen LogP contribution is 2.45. The van der Waals surface area contributed by atoms with E-state index in [9.17, 15) is 0 Å². The second-order valence-electron chi connectivity index (χ2n) is 7.13. The number of allylic oxidation sites excluding steroid dienone is 6. The molecule has 3 nitrogen and oxygen atoms in total. The molecule has 5 heteroatoms. The molecule has 2 heterocycles. The van der Waals surface area contributed by atoms with Gasteiger partial charge < -0.3 is 9.80 Å². The van der Waals surface area contributed by atoms with Crippen LogP contribution in [0.25, 0.3) is 0 Å². The van der Waals surface area contributed by atoms with Crippen molar-refractivity contribution in [3.63, 3.8) is 0 Å². The van der Waals surface area contributed by atoms with E-state index < -0.39 is 0 Å². The van der Waals surface area contributed by atoms with Crippen molar-refractivity contribution in [3.05, 3.63) is 58.4 Å². The lowest BCUT2D eigenvalue weighted by Crippen LogP contribution is -2.50. The first-order valence-electron chi connectivity index (χ1n) is 8.80. The van der Waals surface area contributed by atoms with Gasteiger partial charge in [-0.1, -0.05) is 68.3 Å². The highest BCUT2D eigenvalue weighted by Gasteiger charge is 2.50. The molecule has 5 rings (SSSR count). The van der Waals surface area contributed by atoms with E-state index in [1.165, 1.54) is 22.3 Å². The molecule has 5 atom stereocenters. The Morgan fingerprint density at radius 1 is 1.08 bits per heavy atom. The lowest BCUT2D eigenvalue weighted by atomic mass is 9.98. The van der Waals surface area contributed by atoms with E-state index in [2.05, 4.69) is 89.5 Å². The van der Waals surface area contributed by atoms with E-state index in [1.807, 2.05) is 0 Å². The first kappa shape index (κ1) is 15.5. The van der Waals surface area contributed by atoms with Gasteiger partial charge in [0.2, 0.25) is 0 Å². The average Bonchev–Trinajstić information content (AvgIpc) is 3.09. The summed E-state index contributed by atoms with van der Waals surface area (Å²) in [6.45, 7) is 0. The van der Waals surface area contributed by atoms with Crippen LogP contribution >= 0.6 is 31.9 Å². The Labute approximate surface area is 160 Å². The smallest absolute Gasteiger partial charge is 0.159 e. The first-order chi connectivity index (χ1) is 11.7. The topological polar surface area (TPSA) is 18.5 Å². The molecule has 126 valence electrons. The van der Waals surface area contributed by atoms with E-state index in [0.29, 0.717) is 23.0 Å². The minimum atomic E-state index is 0.263. The van der Waals surface area contributed by atoms with Crippen LogP contribution in [0.5, 0.6) is 0 Å². The lowest BCUT2D eigenvalue weighted by molar-refractivity contribution is 0.118. The molecule has 0 aromatic heterocycles. The summed E-state index contributed by atoms with van der Waals surface area (Å²) in [6, 6.07) is 1.28. The predicted octanol–water partition coefficient (Wildman–Crippen LogP) is 4.12. The Hall–Kier alpha value is -0.780. The number of nitrogens with zero attached hydrogens (tertiary/aromatic N) is 2. The van der Waals surface area contributed by atoms with Gasteiger partial charge in [0, 0.05) is 10.5 Å². The van der Waals surface area contributed by atoms with Gasteiger partial charge in [-0.15, -0.1) is 0 Å². The summed E-state index contributed by atoms with van der Waals surface area (Å²) in [7, 11) is 0. The number of hydrogen-bond acceptors (Lipinski definition) is 3. The van der Waals surface area contributed by atoms with Gasteiger partial charge in [-0.05, 0) is 36.2 Å². The van der Waals surface area contributed by atoms with Gasteiger partial charge in [-0.3, -0.25) is 5.32 Å². The molecule has 3 aliphatic carbocycles. The number of fused-ring (bicyclic) bond motifs is 4. The average molecular weight is 451 g/mol. The minimum absolute atomic E-state index is 0.263. The van der Waals surface area contributed by atoms with Crippen molar-refractivity contribution in [2.24, 2.45) is 0 Å². The largest absolute Gasteiger partial charge is 0.334 e. The van der Waals surface area contributed by atoms with Crippen molar-refractivity contribution in [2.75, 3.05) is 0 Å². The fraction of sp³-hybridized carbons (Fsp3) is 0.474. The molecule has 1 fully saturated rings. The van der Waals surface area contributed by atoms with Crippen LogP contribution in [0.1, 0.15) is 25.7 Å². The maximum Gasteiger partial charge on any atom is 0.159 e. The molecule has 24 heavy (non-hydrogen) atoms. The third kappa shape index (κ3) is 2.31. The minimum Gasteiger partial charge on any atom is -0.334 e. The zero-order valence-electron chi connectivity index (χ0n) is 13.4. The second kappa shape index (κ2) is 5.89. The summed E-state index contributed by atoms with van der Waals surface area (Å²) >= 11 is 7.58. The van der Waals surface area contributed by atoms with E-state index in [4.69, 9.17) is 0 Å². The van der Waals surface area contributed by atoms with Gasteiger partial charge >= 0.3 is 0 Å². The van der Waals surface area contributed by atoms with Crippen LogP contribution in [0, 0.1) is 0 Å². The quantitative estimate of drug-likeness (QED) is 0.478. The molecule has 0 radical (unpaired) electrons. The van der Waals surface area contributed by atoms with Crippen molar-refractivity contribution in [1.29, 1.82) is 0 Å². The second-order valence-corrected chi connectivity index (χ2v) is 9.44. The number of rotatable bonds is 1. The Morgan fingerprint density at radius 3 is 2.83 bits per heavy atom. The molecule has 0 aromatic carbocycles. The highest BCUT2D eigenvalue weighted by atomic mass is 79.9. The predicted molar refractivity (Wildman–Crippen MR) is 105 cm³/mol. The molecule has 1 saturated heterocycles.